The number of carbonyl (C=O) groups is 1. The standard InChI is InChI=1S/C30H33F2N3O5S/c1-20-17-35(21(2)19-36)41(38,39)29-14-11-23(10-9-22-7-5-4-6-8-22)15-27(29)40-28(20)18-34(3)30(37)33-26-16-24(31)12-13-25(26)32/h4-16,20-21,28,36H,17-19H2,1-3H3,(H,33,37)/b10-9+/t20-,21-,28+/m0/s1. The average molecular weight is 586 g/mol. The van der Waals surface area contributed by atoms with Crippen LogP contribution in [0.15, 0.2) is 71.6 Å². The zero-order valence-corrected chi connectivity index (χ0v) is 23.8. The summed E-state index contributed by atoms with van der Waals surface area (Å²) in [6.45, 7) is 3.06. The Kier molecular flexibility index (Phi) is 9.42. The van der Waals surface area contributed by atoms with E-state index in [1.54, 1.807) is 26.0 Å². The minimum Gasteiger partial charge on any atom is -0.487 e. The molecule has 4 rings (SSSR count). The van der Waals surface area contributed by atoms with Crippen LogP contribution in [-0.4, -0.2) is 67.7 Å². The lowest BCUT2D eigenvalue weighted by Gasteiger charge is -2.37. The van der Waals surface area contributed by atoms with Crippen LogP contribution in [0.5, 0.6) is 5.75 Å². The van der Waals surface area contributed by atoms with Crippen molar-refractivity contribution in [2.45, 2.75) is 30.9 Å². The van der Waals surface area contributed by atoms with E-state index in [0.29, 0.717) is 5.56 Å². The van der Waals surface area contributed by atoms with E-state index in [0.717, 1.165) is 23.8 Å². The topological polar surface area (TPSA) is 99.2 Å². The number of urea groups is 1. The van der Waals surface area contributed by atoms with E-state index in [1.807, 2.05) is 42.5 Å². The molecule has 0 aliphatic carbocycles. The summed E-state index contributed by atoms with van der Waals surface area (Å²) in [7, 11) is -2.56. The van der Waals surface area contributed by atoms with Crippen molar-refractivity contribution in [2.24, 2.45) is 5.92 Å². The van der Waals surface area contributed by atoms with Crippen molar-refractivity contribution in [3.8, 4) is 5.75 Å². The van der Waals surface area contributed by atoms with Crippen LogP contribution in [0.2, 0.25) is 0 Å². The smallest absolute Gasteiger partial charge is 0.321 e. The molecule has 3 aromatic carbocycles. The molecule has 0 fully saturated rings. The van der Waals surface area contributed by atoms with Gasteiger partial charge in [-0.3, -0.25) is 0 Å². The molecule has 41 heavy (non-hydrogen) atoms. The van der Waals surface area contributed by atoms with Crippen molar-refractivity contribution in [1.29, 1.82) is 0 Å². The monoisotopic (exact) mass is 585 g/mol. The number of sulfonamides is 1. The number of rotatable bonds is 7. The quantitative estimate of drug-likeness (QED) is 0.378. The van der Waals surface area contributed by atoms with Crippen LogP contribution < -0.4 is 10.1 Å². The highest BCUT2D eigenvalue weighted by molar-refractivity contribution is 7.89. The van der Waals surface area contributed by atoms with E-state index >= 15 is 0 Å². The van der Waals surface area contributed by atoms with Crippen molar-refractivity contribution in [1.82, 2.24) is 9.21 Å². The number of hydrogen-bond donors (Lipinski definition) is 2. The second-order valence-corrected chi connectivity index (χ2v) is 12.0. The van der Waals surface area contributed by atoms with Gasteiger partial charge in [-0.2, -0.15) is 4.31 Å². The molecular weight excluding hydrogens is 552 g/mol. The third-order valence-corrected chi connectivity index (χ3v) is 8.95. The Labute approximate surface area is 238 Å². The van der Waals surface area contributed by atoms with Gasteiger partial charge in [0.05, 0.1) is 18.8 Å². The Balaban J connectivity index is 1.65. The Morgan fingerprint density at radius 2 is 1.83 bits per heavy atom. The van der Waals surface area contributed by atoms with E-state index < -0.39 is 45.8 Å². The molecule has 1 aliphatic rings. The predicted molar refractivity (Wildman–Crippen MR) is 154 cm³/mol. The Bertz CT molecular complexity index is 1520. The van der Waals surface area contributed by atoms with E-state index in [-0.39, 0.29) is 36.0 Å². The van der Waals surface area contributed by atoms with E-state index in [1.165, 1.54) is 22.3 Å². The summed E-state index contributed by atoms with van der Waals surface area (Å²) < 4.78 is 62.6. The largest absolute Gasteiger partial charge is 0.487 e. The van der Waals surface area contributed by atoms with E-state index in [2.05, 4.69) is 5.32 Å². The van der Waals surface area contributed by atoms with Gasteiger partial charge in [0.1, 0.15) is 28.4 Å². The van der Waals surface area contributed by atoms with Gasteiger partial charge in [-0.25, -0.2) is 22.0 Å². The van der Waals surface area contributed by atoms with Crippen LogP contribution in [0.4, 0.5) is 19.3 Å². The molecule has 3 atom stereocenters. The number of benzene rings is 3. The van der Waals surface area contributed by atoms with Crippen molar-refractivity contribution in [3.63, 3.8) is 0 Å². The molecule has 11 heteroatoms. The van der Waals surface area contributed by atoms with E-state index in [9.17, 15) is 27.1 Å². The molecule has 1 heterocycles. The summed E-state index contributed by atoms with van der Waals surface area (Å²) in [6, 6.07) is 15.7. The van der Waals surface area contributed by atoms with Crippen LogP contribution >= 0.6 is 0 Å². The van der Waals surface area contributed by atoms with Crippen molar-refractivity contribution in [3.05, 3.63) is 89.5 Å². The first kappa shape index (κ1) is 30.2. The third-order valence-electron chi connectivity index (χ3n) is 6.93. The number of aliphatic hydroxyl groups is 1. The maximum Gasteiger partial charge on any atom is 0.321 e. The highest BCUT2D eigenvalue weighted by atomic mass is 32.2. The molecule has 218 valence electrons. The molecule has 0 unspecified atom stereocenters. The van der Waals surface area contributed by atoms with Crippen LogP contribution in [0.3, 0.4) is 0 Å². The van der Waals surface area contributed by atoms with Gasteiger partial charge in [0, 0.05) is 31.6 Å². The number of aliphatic hydroxyl groups excluding tert-OH is 1. The van der Waals surface area contributed by atoms with Gasteiger partial charge in [0.25, 0.3) is 0 Å². The number of carbonyl (C=O) groups excluding carboxylic acids is 1. The second kappa shape index (κ2) is 12.8. The van der Waals surface area contributed by atoms with Gasteiger partial charge in [0.2, 0.25) is 10.0 Å². The molecule has 8 nitrogen and oxygen atoms in total. The molecular formula is C30H33F2N3O5S. The summed E-state index contributed by atoms with van der Waals surface area (Å²) in [4.78, 5) is 14.1. The summed E-state index contributed by atoms with van der Waals surface area (Å²) in [5, 5.41) is 12.2. The number of halogens is 2. The predicted octanol–water partition coefficient (Wildman–Crippen LogP) is 5.07. The molecule has 0 aromatic heterocycles. The number of nitrogens with zero attached hydrogens (tertiary/aromatic N) is 2. The number of likely N-dealkylation sites (N-methyl/N-ethyl adjacent to an activating group) is 1. The summed E-state index contributed by atoms with van der Waals surface area (Å²) in [5.41, 5.74) is 1.36. The van der Waals surface area contributed by atoms with Crippen molar-refractivity contribution < 1.29 is 31.8 Å². The van der Waals surface area contributed by atoms with Crippen LogP contribution in [-0.2, 0) is 10.0 Å². The lowest BCUT2D eigenvalue weighted by atomic mass is 10.0. The zero-order chi connectivity index (χ0) is 29.7. The maximum absolute atomic E-state index is 14.1. The van der Waals surface area contributed by atoms with Gasteiger partial charge >= 0.3 is 6.03 Å². The molecule has 1 aliphatic heterocycles. The first-order valence-electron chi connectivity index (χ1n) is 13.1. The van der Waals surface area contributed by atoms with Crippen molar-refractivity contribution >= 4 is 33.9 Å². The molecule has 2 amide bonds. The number of nitrogens with one attached hydrogen (secondary N) is 1. The average Bonchev–Trinajstić information content (AvgIpc) is 2.95. The Morgan fingerprint density at radius 3 is 2.54 bits per heavy atom. The van der Waals surface area contributed by atoms with Crippen LogP contribution in [0.1, 0.15) is 25.0 Å². The van der Waals surface area contributed by atoms with Gasteiger partial charge in [-0.05, 0) is 42.3 Å². The van der Waals surface area contributed by atoms with Crippen LogP contribution in [0.25, 0.3) is 12.2 Å². The molecule has 0 spiro atoms. The summed E-state index contributed by atoms with van der Waals surface area (Å²) in [6.07, 6.45) is 3.05. The molecule has 2 N–H and O–H groups in total. The lowest BCUT2D eigenvalue weighted by molar-refractivity contribution is 0.0830. The second-order valence-electron chi connectivity index (χ2n) is 10.1. The summed E-state index contributed by atoms with van der Waals surface area (Å²) in [5.74, 6) is -1.80. The Hall–Kier alpha value is -3.80. The van der Waals surface area contributed by atoms with E-state index in [4.69, 9.17) is 4.74 Å². The van der Waals surface area contributed by atoms with Crippen molar-refractivity contribution in [2.75, 3.05) is 32.1 Å². The molecule has 0 bridgehead atoms. The fourth-order valence-corrected chi connectivity index (χ4v) is 6.30. The molecule has 3 aromatic rings. The lowest BCUT2D eigenvalue weighted by Crippen LogP contribution is -2.50. The normalized spacial score (nSPS) is 19.5. The fraction of sp³-hybridized carbons (Fsp3) is 0.300. The van der Waals surface area contributed by atoms with Gasteiger partial charge in [0.15, 0.2) is 0 Å². The molecule has 0 radical (unpaired) electrons. The minimum absolute atomic E-state index is 0.00878. The fourth-order valence-electron chi connectivity index (χ4n) is 4.48. The number of anilines is 1. The van der Waals surface area contributed by atoms with Gasteiger partial charge in [-0.15, -0.1) is 0 Å². The van der Waals surface area contributed by atoms with Gasteiger partial charge < -0.3 is 20.1 Å². The number of hydrogen-bond acceptors (Lipinski definition) is 5. The maximum atomic E-state index is 14.1. The molecule has 0 saturated heterocycles. The molecule has 0 saturated carbocycles. The number of ether oxygens (including phenoxy) is 1. The zero-order valence-electron chi connectivity index (χ0n) is 23.0. The highest BCUT2D eigenvalue weighted by Gasteiger charge is 2.38. The van der Waals surface area contributed by atoms with Crippen LogP contribution in [0, 0.1) is 17.6 Å². The SMILES string of the molecule is C[C@H]1CN([C@@H](C)CO)S(=O)(=O)c2ccc(/C=C/c3ccccc3)cc2O[C@@H]1CN(C)C(=O)Nc1cc(F)ccc1F. The Morgan fingerprint density at radius 1 is 1.12 bits per heavy atom. The first-order chi connectivity index (χ1) is 19.5. The first-order valence-corrected chi connectivity index (χ1v) is 14.6. The van der Waals surface area contributed by atoms with Gasteiger partial charge in [-0.1, -0.05) is 55.5 Å². The third kappa shape index (κ3) is 7.10. The number of fused-ring (bicyclic) bond motifs is 1. The highest BCUT2D eigenvalue weighted by Crippen LogP contribution is 2.34. The number of amides is 2. The summed E-state index contributed by atoms with van der Waals surface area (Å²) >= 11 is 0. The minimum atomic E-state index is -4.03.